The molecule has 0 saturated carbocycles. The molecule has 1 aliphatic heterocycles. The maximum absolute atomic E-state index is 7.10. The zero-order valence-corrected chi connectivity index (χ0v) is 29.1. The summed E-state index contributed by atoms with van der Waals surface area (Å²) in [6.45, 7) is 0. The largest absolute Gasteiger partial charge is 0.457 e. The van der Waals surface area contributed by atoms with E-state index < -0.39 is 5.41 Å². The highest BCUT2D eigenvalue weighted by Crippen LogP contribution is 2.62. The van der Waals surface area contributed by atoms with Crippen molar-refractivity contribution >= 4 is 10.8 Å². The van der Waals surface area contributed by atoms with Crippen LogP contribution in [-0.2, 0) is 5.41 Å². The molecule has 0 bridgehead atoms. The van der Waals surface area contributed by atoms with E-state index in [0.717, 1.165) is 72.6 Å². The first-order valence-corrected chi connectivity index (χ1v) is 18.3. The minimum Gasteiger partial charge on any atom is -0.457 e. The van der Waals surface area contributed by atoms with E-state index in [2.05, 4.69) is 145 Å². The molecule has 2 aliphatic rings. The monoisotopic (exact) mass is 689 g/mol. The predicted molar refractivity (Wildman–Crippen MR) is 216 cm³/mol. The predicted octanol–water partition coefficient (Wildman–Crippen LogP) is 12.2. The summed E-state index contributed by atoms with van der Waals surface area (Å²) in [6.07, 6.45) is 3.78. The minimum atomic E-state index is -0.577. The van der Waals surface area contributed by atoms with Crippen molar-refractivity contribution in [1.82, 2.24) is 15.0 Å². The van der Waals surface area contributed by atoms with Gasteiger partial charge >= 0.3 is 0 Å². The summed E-state index contributed by atoms with van der Waals surface area (Å²) >= 11 is 0. The SMILES string of the molecule is c1ccc(-c2cc(-c3ccc4c(c3)Oc3cc(-c5cccc6cnccc56)ccc3C43c4ccccc4-c4ccccc43)nc(-c3ccccc3)n2)cc1. The maximum atomic E-state index is 7.10. The van der Waals surface area contributed by atoms with E-state index in [1.54, 1.807) is 0 Å². The van der Waals surface area contributed by atoms with Gasteiger partial charge in [-0.25, -0.2) is 9.97 Å². The second-order valence-corrected chi connectivity index (χ2v) is 14.0. The lowest BCUT2D eigenvalue weighted by Crippen LogP contribution is -2.32. The van der Waals surface area contributed by atoms with E-state index in [1.807, 2.05) is 48.8 Å². The Balaban J connectivity index is 1.15. The average molecular weight is 690 g/mol. The third-order valence-electron chi connectivity index (χ3n) is 11.1. The second kappa shape index (κ2) is 11.9. The molecule has 54 heavy (non-hydrogen) atoms. The van der Waals surface area contributed by atoms with Crippen LogP contribution in [0.25, 0.3) is 66.9 Å². The lowest BCUT2D eigenvalue weighted by molar-refractivity contribution is 0.437. The van der Waals surface area contributed by atoms with Crippen molar-refractivity contribution in [2.24, 2.45) is 0 Å². The van der Waals surface area contributed by atoms with Gasteiger partial charge < -0.3 is 4.74 Å². The Morgan fingerprint density at radius 1 is 0.407 bits per heavy atom. The molecular formula is C50H31N3O. The van der Waals surface area contributed by atoms with Gasteiger partial charge in [0.15, 0.2) is 5.82 Å². The summed E-state index contributed by atoms with van der Waals surface area (Å²) in [5.41, 5.74) is 13.6. The molecule has 0 atom stereocenters. The van der Waals surface area contributed by atoms with E-state index >= 15 is 0 Å². The van der Waals surface area contributed by atoms with Crippen molar-refractivity contribution in [3.8, 4) is 67.7 Å². The molecule has 1 spiro atoms. The zero-order chi connectivity index (χ0) is 35.6. The van der Waals surface area contributed by atoms with Crippen LogP contribution in [0.5, 0.6) is 11.5 Å². The number of aromatic nitrogens is 3. The fraction of sp³-hybridized carbons (Fsp3) is 0.0200. The van der Waals surface area contributed by atoms with Crippen LogP contribution in [0.4, 0.5) is 0 Å². The van der Waals surface area contributed by atoms with Crippen LogP contribution in [0.1, 0.15) is 22.3 Å². The van der Waals surface area contributed by atoms with Gasteiger partial charge in [-0.1, -0.05) is 152 Å². The second-order valence-electron chi connectivity index (χ2n) is 14.0. The summed E-state index contributed by atoms with van der Waals surface area (Å²) in [5.74, 6) is 2.33. The number of fused-ring (bicyclic) bond motifs is 10. The van der Waals surface area contributed by atoms with Crippen LogP contribution in [-0.4, -0.2) is 15.0 Å². The van der Waals surface area contributed by atoms with E-state index in [4.69, 9.17) is 14.7 Å². The van der Waals surface area contributed by atoms with Gasteiger partial charge in [-0.3, -0.25) is 4.98 Å². The topological polar surface area (TPSA) is 47.9 Å². The maximum Gasteiger partial charge on any atom is 0.160 e. The van der Waals surface area contributed by atoms with E-state index in [-0.39, 0.29) is 0 Å². The molecule has 0 saturated heterocycles. The molecule has 0 amide bonds. The normalized spacial score (nSPS) is 13.1. The van der Waals surface area contributed by atoms with Gasteiger partial charge in [0.05, 0.1) is 16.8 Å². The molecule has 7 aromatic carbocycles. The zero-order valence-electron chi connectivity index (χ0n) is 29.1. The molecule has 252 valence electrons. The Morgan fingerprint density at radius 2 is 0.981 bits per heavy atom. The summed E-state index contributed by atoms with van der Waals surface area (Å²) < 4.78 is 7.10. The van der Waals surface area contributed by atoms with Crippen molar-refractivity contribution in [2.75, 3.05) is 0 Å². The molecule has 0 unspecified atom stereocenters. The summed E-state index contributed by atoms with van der Waals surface area (Å²) in [6, 6.07) is 62.1. The molecular weight excluding hydrogens is 659 g/mol. The van der Waals surface area contributed by atoms with Crippen molar-refractivity contribution < 1.29 is 4.74 Å². The Morgan fingerprint density at radius 3 is 1.69 bits per heavy atom. The van der Waals surface area contributed by atoms with Crippen LogP contribution < -0.4 is 4.74 Å². The third kappa shape index (κ3) is 4.53. The lowest BCUT2D eigenvalue weighted by atomic mass is 9.65. The number of pyridine rings is 1. The van der Waals surface area contributed by atoms with E-state index in [9.17, 15) is 0 Å². The number of hydrogen-bond acceptors (Lipinski definition) is 4. The van der Waals surface area contributed by atoms with Gasteiger partial charge in [0, 0.05) is 45.6 Å². The van der Waals surface area contributed by atoms with Crippen LogP contribution in [0, 0.1) is 0 Å². The number of hydrogen-bond donors (Lipinski definition) is 0. The van der Waals surface area contributed by atoms with Crippen LogP contribution in [0.15, 0.2) is 188 Å². The molecule has 3 heterocycles. The quantitative estimate of drug-likeness (QED) is 0.185. The van der Waals surface area contributed by atoms with Gasteiger partial charge in [-0.2, -0.15) is 0 Å². The summed E-state index contributed by atoms with van der Waals surface area (Å²) in [7, 11) is 0. The van der Waals surface area contributed by atoms with Gasteiger partial charge in [-0.15, -0.1) is 0 Å². The molecule has 0 fully saturated rings. The first-order valence-electron chi connectivity index (χ1n) is 18.3. The molecule has 0 N–H and O–H groups in total. The molecule has 1 aliphatic carbocycles. The van der Waals surface area contributed by atoms with E-state index in [0.29, 0.717) is 5.82 Å². The molecule has 4 heteroatoms. The first-order chi connectivity index (χ1) is 26.8. The molecule has 2 aromatic heterocycles. The van der Waals surface area contributed by atoms with Crippen molar-refractivity contribution in [3.63, 3.8) is 0 Å². The fourth-order valence-electron chi connectivity index (χ4n) is 8.68. The Bertz CT molecular complexity index is 2810. The summed E-state index contributed by atoms with van der Waals surface area (Å²) in [5, 5.41) is 2.26. The minimum absolute atomic E-state index is 0.577. The average Bonchev–Trinajstić information content (AvgIpc) is 3.54. The van der Waals surface area contributed by atoms with Gasteiger partial charge in [0.25, 0.3) is 0 Å². The van der Waals surface area contributed by atoms with Crippen LogP contribution in [0.2, 0.25) is 0 Å². The third-order valence-corrected chi connectivity index (χ3v) is 11.1. The highest BCUT2D eigenvalue weighted by atomic mass is 16.5. The molecule has 9 aromatic rings. The highest BCUT2D eigenvalue weighted by molar-refractivity contribution is 5.97. The number of nitrogens with zero attached hydrogens (tertiary/aromatic N) is 3. The highest BCUT2D eigenvalue weighted by Gasteiger charge is 2.51. The Kier molecular flexibility index (Phi) is 6.73. The van der Waals surface area contributed by atoms with Gasteiger partial charge in [0.1, 0.15) is 11.5 Å². The van der Waals surface area contributed by atoms with Gasteiger partial charge in [-0.05, 0) is 63.0 Å². The number of benzene rings is 7. The molecule has 11 rings (SSSR count). The standard InChI is InChI=1S/C50H31N3O/c1-3-12-32(13-4-1)45-30-46(53-49(52-45)33-14-5-2-6-15-33)35-23-25-44-48(29-35)54-47-28-34(37-19-11-16-36-31-51-27-26-38(36)37)22-24-43(47)50(44)41-20-9-7-17-39(41)40-18-8-10-21-42(40)50/h1-31H. The van der Waals surface area contributed by atoms with Gasteiger partial charge in [0.2, 0.25) is 0 Å². The molecule has 4 nitrogen and oxygen atoms in total. The Hall–Kier alpha value is -7.17. The van der Waals surface area contributed by atoms with Crippen molar-refractivity contribution in [3.05, 3.63) is 211 Å². The molecule has 0 radical (unpaired) electrons. The van der Waals surface area contributed by atoms with Crippen molar-refractivity contribution in [1.29, 1.82) is 0 Å². The van der Waals surface area contributed by atoms with Crippen LogP contribution in [0.3, 0.4) is 0 Å². The Labute approximate surface area is 313 Å². The summed E-state index contributed by atoms with van der Waals surface area (Å²) in [4.78, 5) is 14.6. The number of ether oxygens (including phenoxy) is 1. The first kappa shape index (κ1) is 30.5. The lowest BCUT2D eigenvalue weighted by Gasteiger charge is -2.39. The fourth-order valence-corrected chi connectivity index (χ4v) is 8.68. The van der Waals surface area contributed by atoms with Crippen LogP contribution >= 0.6 is 0 Å². The number of rotatable bonds is 4. The van der Waals surface area contributed by atoms with E-state index in [1.165, 1.54) is 22.3 Å². The van der Waals surface area contributed by atoms with Crippen molar-refractivity contribution in [2.45, 2.75) is 5.41 Å². The smallest absolute Gasteiger partial charge is 0.160 e.